The number of nitrogens with zero attached hydrogens (tertiary/aromatic N) is 1. The topological polar surface area (TPSA) is 62.7 Å². The van der Waals surface area contributed by atoms with E-state index in [1.54, 1.807) is 0 Å². The molecule has 3 rings (SSSR count). The average Bonchev–Trinajstić information content (AvgIpc) is 2.92. The van der Waals surface area contributed by atoms with Gasteiger partial charge in [0.25, 0.3) is 0 Å². The van der Waals surface area contributed by atoms with Gasteiger partial charge in [0.15, 0.2) is 0 Å². The van der Waals surface area contributed by atoms with E-state index in [4.69, 9.17) is 4.74 Å². The van der Waals surface area contributed by atoms with Crippen molar-refractivity contribution in [1.29, 1.82) is 0 Å². The molecule has 0 spiro atoms. The van der Waals surface area contributed by atoms with Crippen molar-refractivity contribution in [2.24, 2.45) is 10.9 Å². The number of rotatable bonds is 3. The smallest absolute Gasteiger partial charge is 0.413 e. The number of aliphatic imine (C=N–C) groups is 1. The van der Waals surface area contributed by atoms with Crippen molar-refractivity contribution in [1.82, 2.24) is 10.6 Å². The van der Waals surface area contributed by atoms with Crippen LogP contribution in [0, 0.1) is 5.92 Å². The van der Waals surface area contributed by atoms with Crippen LogP contribution in [0.3, 0.4) is 0 Å². The molecule has 1 amide bonds. The largest absolute Gasteiger partial charge is 0.449 e. The molecule has 2 unspecified atom stereocenters. The molecule has 0 radical (unpaired) electrons. The number of fused-ring (bicyclic) bond motifs is 1. The minimum atomic E-state index is -0.471. The van der Waals surface area contributed by atoms with E-state index in [0.717, 1.165) is 5.56 Å². The Morgan fingerprint density at radius 1 is 1.25 bits per heavy atom. The van der Waals surface area contributed by atoms with Gasteiger partial charge in [-0.15, -0.1) is 0 Å². The van der Waals surface area contributed by atoms with Gasteiger partial charge in [-0.1, -0.05) is 50.2 Å². The van der Waals surface area contributed by atoms with Crippen LogP contribution in [-0.2, 0) is 4.74 Å². The fourth-order valence-electron chi connectivity index (χ4n) is 2.78. The highest BCUT2D eigenvalue weighted by Crippen LogP contribution is 2.27. The first-order valence-electron chi connectivity index (χ1n) is 8.30. The molecule has 5 heteroatoms. The van der Waals surface area contributed by atoms with Gasteiger partial charge in [0, 0.05) is 0 Å². The van der Waals surface area contributed by atoms with Crippen molar-refractivity contribution >= 4 is 22.8 Å². The van der Waals surface area contributed by atoms with Crippen LogP contribution < -0.4 is 10.6 Å². The summed E-state index contributed by atoms with van der Waals surface area (Å²) >= 11 is 0. The second-order valence-electron chi connectivity index (χ2n) is 6.58. The van der Waals surface area contributed by atoms with Crippen LogP contribution >= 0.6 is 0 Å². The number of carbonyl (C=O) groups excluding carboxylic acids is 1. The zero-order valence-electron chi connectivity index (χ0n) is 14.2. The second kappa shape index (κ2) is 6.91. The van der Waals surface area contributed by atoms with Crippen LogP contribution in [0.4, 0.5) is 4.79 Å². The van der Waals surface area contributed by atoms with E-state index in [2.05, 4.69) is 52.9 Å². The van der Waals surface area contributed by atoms with Gasteiger partial charge in [-0.2, -0.15) is 0 Å². The molecule has 126 valence electrons. The average molecular weight is 325 g/mol. The summed E-state index contributed by atoms with van der Waals surface area (Å²) in [4.78, 5) is 16.4. The van der Waals surface area contributed by atoms with Gasteiger partial charge in [0.1, 0.15) is 0 Å². The molecule has 0 saturated heterocycles. The minimum Gasteiger partial charge on any atom is -0.449 e. The second-order valence-corrected chi connectivity index (χ2v) is 6.58. The Balaban J connectivity index is 1.73. The monoisotopic (exact) mass is 325 g/mol. The van der Waals surface area contributed by atoms with Crippen LogP contribution in [0.15, 0.2) is 47.5 Å². The van der Waals surface area contributed by atoms with E-state index in [1.165, 1.54) is 10.8 Å². The number of guanidine groups is 1. The lowest BCUT2D eigenvalue weighted by atomic mass is 9.99. The highest BCUT2D eigenvalue weighted by Gasteiger charge is 2.27. The van der Waals surface area contributed by atoms with Crippen LogP contribution in [-0.4, -0.2) is 24.7 Å². The minimum absolute atomic E-state index is 0.0324. The molecule has 24 heavy (non-hydrogen) atoms. The van der Waals surface area contributed by atoms with Crippen LogP contribution in [0.1, 0.15) is 32.4 Å². The van der Waals surface area contributed by atoms with Gasteiger partial charge in [-0.25, -0.2) is 9.79 Å². The lowest BCUT2D eigenvalue weighted by Gasteiger charge is -2.14. The maximum absolute atomic E-state index is 11.8. The zero-order chi connectivity index (χ0) is 17.1. The third kappa shape index (κ3) is 3.67. The quantitative estimate of drug-likeness (QED) is 0.906. The first kappa shape index (κ1) is 16.3. The number of hydrogen-bond acceptors (Lipinski definition) is 4. The molecular formula is C19H23N3O2. The number of amides is 1. The number of ether oxygens (including phenoxy) is 1. The van der Waals surface area contributed by atoms with Gasteiger partial charge in [-0.05, 0) is 35.2 Å². The number of nitrogens with one attached hydrogen (secondary N) is 2. The highest BCUT2D eigenvalue weighted by molar-refractivity contribution is 5.95. The van der Waals surface area contributed by atoms with Crippen LogP contribution in [0.2, 0.25) is 0 Å². The first-order chi connectivity index (χ1) is 11.5. The van der Waals surface area contributed by atoms with E-state index < -0.39 is 6.09 Å². The third-order valence-corrected chi connectivity index (χ3v) is 3.99. The highest BCUT2D eigenvalue weighted by atomic mass is 16.5. The van der Waals surface area contributed by atoms with Gasteiger partial charge in [0.2, 0.25) is 5.96 Å². The number of carbonyl (C=O) groups is 1. The standard InChI is InChI=1S/C19H23N3O2/c1-12(2)11-24-19(23)22-18-20-13(3)17(21-18)16-9-8-14-6-4-5-7-15(14)10-16/h4-10,12-13,17H,11H2,1-3H3,(H2,20,21,22,23). The summed E-state index contributed by atoms with van der Waals surface area (Å²) in [5.41, 5.74) is 1.13. The van der Waals surface area contributed by atoms with E-state index in [1.807, 2.05) is 26.0 Å². The molecule has 0 fully saturated rings. The van der Waals surface area contributed by atoms with E-state index >= 15 is 0 Å². The molecule has 2 atom stereocenters. The van der Waals surface area contributed by atoms with Gasteiger partial charge in [-0.3, -0.25) is 5.32 Å². The fourth-order valence-corrected chi connectivity index (χ4v) is 2.78. The number of hydrogen-bond donors (Lipinski definition) is 2. The Morgan fingerprint density at radius 3 is 2.75 bits per heavy atom. The van der Waals surface area contributed by atoms with Gasteiger partial charge in [0.05, 0.1) is 18.7 Å². The molecule has 0 saturated carbocycles. The van der Waals surface area contributed by atoms with E-state index in [0.29, 0.717) is 18.5 Å². The summed E-state index contributed by atoms with van der Waals surface area (Å²) in [6.45, 7) is 6.44. The Kier molecular flexibility index (Phi) is 4.69. The van der Waals surface area contributed by atoms with E-state index in [9.17, 15) is 4.79 Å². The van der Waals surface area contributed by atoms with E-state index in [-0.39, 0.29) is 12.1 Å². The van der Waals surface area contributed by atoms with Crippen molar-refractivity contribution in [3.05, 3.63) is 48.0 Å². The molecule has 0 bridgehead atoms. The zero-order valence-corrected chi connectivity index (χ0v) is 14.2. The van der Waals surface area contributed by atoms with Crippen molar-refractivity contribution in [2.45, 2.75) is 32.9 Å². The molecule has 2 aromatic rings. The van der Waals surface area contributed by atoms with Crippen molar-refractivity contribution in [3.63, 3.8) is 0 Å². The molecule has 1 aliphatic heterocycles. The third-order valence-electron chi connectivity index (χ3n) is 3.99. The number of benzene rings is 2. The Bertz CT molecular complexity index is 770. The van der Waals surface area contributed by atoms with Crippen molar-refractivity contribution in [3.8, 4) is 0 Å². The lowest BCUT2D eigenvalue weighted by Crippen LogP contribution is -2.41. The molecule has 0 aromatic heterocycles. The summed E-state index contributed by atoms with van der Waals surface area (Å²) in [6, 6.07) is 14.7. The SMILES string of the molecule is CC(C)COC(=O)NC1=NC(c2ccc3ccccc3c2)C(C)N1. The summed E-state index contributed by atoms with van der Waals surface area (Å²) < 4.78 is 5.13. The summed E-state index contributed by atoms with van der Waals surface area (Å²) in [6.07, 6.45) is -0.471. The van der Waals surface area contributed by atoms with Gasteiger partial charge < -0.3 is 10.1 Å². The van der Waals surface area contributed by atoms with Crippen molar-refractivity contribution in [2.75, 3.05) is 6.61 Å². The normalized spacial score (nSPS) is 19.9. The molecule has 1 aliphatic rings. The Morgan fingerprint density at radius 2 is 2.00 bits per heavy atom. The molecular weight excluding hydrogens is 302 g/mol. The maximum Gasteiger partial charge on any atom is 0.413 e. The van der Waals surface area contributed by atoms with Crippen molar-refractivity contribution < 1.29 is 9.53 Å². The van der Waals surface area contributed by atoms with Gasteiger partial charge >= 0.3 is 6.09 Å². The van der Waals surface area contributed by atoms with Crippen LogP contribution in [0.25, 0.3) is 10.8 Å². The maximum atomic E-state index is 11.8. The van der Waals surface area contributed by atoms with Crippen LogP contribution in [0.5, 0.6) is 0 Å². The summed E-state index contributed by atoms with van der Waals surface area (Å²) in [5, 5.41) is 8.28. The molecule has 2 aromatic carbocycles. The summed E-state index contributed by atoms with van der Waals surface area (Å²) in [5.74, 6) is 0.771. The Labute approximate surface area is 142 Å². The summed E-state index contributed by atoms with van der Waals surface area (Å²) in [7, 11) is 0. The predicted octanol–water partition coefficient (Wildman–Crippen LogP) is 3.61. The Hall–Kier alpha value is -2.56. The number of alkyl carbamates (subject to hydrolysis) is 1. The molecule has 1 heterocycles. The fraction of sp³-hybridized carbons (Fsp3) is 0.368. The first-order valence-corrected chi connectivity index (χ1v) is 8.30. The lowest BCUT2D eigenvalue weighted by molar-refractivity contribution is 0.138. The molecule has 2 N–H and O–H groups in total. The predicted molar refractivity (Wildman–Crippen MR) is 96.0 cm³/mol. The molecule has 0 aliphatic carbocycles. The molecule has 5 nitrogen and oxygen atoms in total.